The Hall–Kier alpha value is -0.690. The summed E-state index contributed by atoms with van der Waals surface area (Å²) < 4.78 is 27.6. The molecule has 0 aliphatic heterocycles. The molecule has 0 unspecified atom stereocenters. The number of esters is 1. The molecule has 44 heavy (non-hydrogen) atoms. The van der Waals surface area contributed by atoms with Gasteiger partial charge in [0, 0.05) is 19.6 Å². The Morgan fingerprint density at radius 1 is 0.318 bits per heavy atom. The summed E-state index contributed by atoms with van der Waals surface area (Å²) in [5, 5.41) is 0. The monoisotopic (exact) mass is 629 g/mol. The molecule has 6 heteroatoms. The molecule has 0 aliphatic carbocycles. The van der Waals surface area contributed by atoms with Crippen molar-refractivity contribution in [1.29, 1.82) is 0 Å². The molecule has 0 amide bonds. The fourth-order valence-corrected chi connectivity index (χ4v) is 5.33. The summed E-state index contributed by atoms with van der Waals surface area (Å²) in [6.07, 6.45) is 33.3. The summed E-state index contributed by atoms with van der Waals surface area (Å²) in [5.41, 5.74) is 0. The minimum Gasteiger partial charge on any atom is -0.466 e. The van der Waals surface area contributed by atoms with Crippen LogP contribution in [0.25, 0.3) is 0 Å². The van der Waals surface area contributed by atoms with Gasteiger partial charge >= 0.3 is 5.97 Å². The van der Waals surface area contributed by atoms with Gasteiger partial charge in [0.15, 0.2) is 0 Å². The fourth-order valence-electron chi connectivity index (χ4n) is 5.33. The van der Waals surface area contributed by atoms with E-state index in [0.717, 1.165) is 25.9 Å². The van der Waals surface area contributed by atoms with Crippen molar-refractivity contribution in [3.63, 3.8) is 0 Å². The van der Waals surface area contributed by atoms with Gasteiger partial charge < -0.3 is 23.7 Å². The van der Waals surface area contributed by atoms with Gasteiger partial charge in [0.2, 0.25) is 0 Å². The molecular weight excluding hydrogens is 552 g/mol. The van der Waals surface area contributed by atoms with E-state index in [1.54, 1.807) is 0 Å². The van der Waals surface area contributed by atoms with Gasteiger partial charge in [-0.1, -0.05) is 155 Å². The van der Waals surface area contributed by atoms with E-state index in [2.05, 4.69) is 13.8 Å². The molecule has 0 bridgehead atoms. The fraction of sp³-hybridized carbons (Fsp3) is 0.974. The first-order valence-corrected chi connectivity index (χ1v) is 19.3. The molecule has 0 aliphatic rings. The number of carbonyl (C=O) groups is 1. The highest BCUT2D eigenvalue weighted by molar-refractivity contribution is 5.69. The summed E-state index contributed by atoms with van der Waals surface area (Å²) in [5.74, 6) is -0.107. The van der Waals surface area contributed by atoms with Crippen LogP contribution in [0.3, 0.4) is 0 Å². The van der Waals surface area contributed by atoms with Crippen LogP contribution in [-0.4, -0.2) is 65.4 Å². The number of carbonyl (C=O) groups excluding carboxylic acids is 1. The number of hydrogen-bond donors (Lipinski definition) is 0. The van der Waals surface area contributed by atoms with E-state index in [0.29, 0.717) is 65.7 Å². The smallest absolute Gasteiger partial charge is 0.305 e. The van der Waals surface area contributed by atoms with E-state index in [4.69, 9.17) is 23.7 Å². The minimum absolute atomic E-state index is 0.107. The van der Waals surface area contributed by atoms with Crippen molar-refractivity contribution in [1.82, 2.24) is 0 Å². The Morgan fingerprint density at radius 2 is 0.591 bits per heavy atom. The molecule has 0 saturated carbocycles. The molecule has 6 nitrogen and oxygen atoms in total. The SMILES string of the molecule is CCCCCCCCCCCCCCCCCCOC(=O)CCCOCCOCCOCCOCCCCCCCCCC. The van der Waals surface area contributed by atoms with Crippen LogP contribution >= 0.6 is 0 Å². The second-order valence-corrected chi connectivity index (χ2v) is 12.6. The third-order valence-corrected chi connectivity index (χ3v) is 8.19. The molecule has 0 aromatic carbocycles. The highest BCUT2D eigenvalue weighted by atomic mass is 16.6. The van der Waals surface area contributed by atoms with Gasteiger partial charge in [-0.2, -0.15) is 0 Å². The van der Waals surface area contributed by atoms with E-state index < -0.39 is 0 Å². The van der Waals surface area contributed by atoms with Gasteiger partial charge in [-0.25, -0.2) is 0 Å². The minimum atomic E-state index is -0.107. The van der Waals surface area contributed by atoms with Crippen molar-refractivity contribution in [3.8, 4) is 0 Å². The molecule has 0 rings (SSSR count). The van der Waals surface area contributed by atoms with Crippen LogP contribution in [0.2, 0.25) is 0 Å². The molecule has 0 spiro atoms. The van der Waals surface area contributed by atoms with Crippen LogP contribution in [0.15, 0.2) is 0 Å². The van der Waals surface area contributed by atoms with Gasteiger partial charge in [-0.3, -0.25) is 4.79 Å². The second-order valence-electron chi connectivity index (χ2n) is 12.6. The summed E-state index contributed by atoms with van der Waals surface area (Å²) in [7, 11) is 0. The first kappa shape index (κ1) is 43.3. The lowest BCUT2D eigenvalue weighted by atomic mass is 10.0. The van der Waals surface area contributed by atoms with Crippen molar-refractivity contribution in [2.45, 2.75) is 181 Å². The zero-order valence-corrected chi connectivity index (χ0v) is 29.7. The van der Waals surface area contributed by atoms with Gasteiger partial charge in [-0.05, 0) is 19.3 Å². The number of hydrogen-bond acceptors (Lipinski definition) is 6. The average molecular weight is 629 g/mol. The lowest BCUT2D eigenvalue weighted by molar-refractivity contribution is -0.144. The highest BCUT2D eigenvalue weighted by Gasteiger charge is 2.03. The maximum Gasteiger partial charge on any atom is 0.305 e. The third kappa shape index (κ3) is 39.3. The van der Waals surface area contributed by atoms with Gasteiger partial charge in [-0.15, -0.1) is 0 Å². The van der Waals surface area contributed by atoms with Crippen LogP contribution < -0.4 is 0 Å². The standard InChI is InChI=1S/C38H76O6/c1-3-5-7-9-11-13-14-15-16-17-18-19-20-22-24-26-31-44-38(39)28-27-30-41-33-35-43-37-36-42-34-32-40-29-25-23-21-12-10-8-6-4-2/h3-37H2,1-2H3. The molecular formula is C38H76O6. The molecule has 0 atom stereocenters. The molecule has 0 aromatic heterocycles. The number of ether oxygens (including phenoxy) is 5. The lowest BCUT2D eigenvalue weighted by Gasteiger charge is -2.08. The molecule has 264 valence electrons. The molecule has 0 fully saturated rings. The highest BCUT2D eigenvalue weighted by Crippen LogP contribution is 2.14. The Morgan fingerprint density at radius 3 is 0.955 bits per heavy atom. The van der Waals surface area contributed by atoms with Crippen LogP contribution in [0.4, 0.5) is 0 Å². The lowest BCUT2D eigenvalue weighted by Crippen LogP contribution is -2.12. The first-order chi connectivity index (χ1) is 21.8. The maximum absolute atomic E-state index is 11.9. The first-order valence-electron chi connectivity index (χ1n) is 19.3. The molecule has 0 N–H and O–H groups in total. The summed E-state index contributed by atoms with van der Waals surface area (Å²) in [6, 6.07) is 0. The Labute approximate surface area is 274 Å². The van der Waals surface area contributed by atoms with Crippen molar-refractivity contribution in [2.24, 2.45) is 0 Å². The summed E-state index contributed by atoms with van der Waals surface area (Å²) >= 11 is 0. The van der Waals surface area contributed by atoms with E-state index in [1.807, 2.05) is 0 Å². The Balaban J connectivity index is 3.14. The molecule has 0 saturated heterocycles. The van der Waals surface area contributed by atoms with Crippen LogP contribution in [0, 0.1) is 0 Å². The number of unbranched alkanes of at least 4 members (excludes halogenated alkanes) is 22. The van der Waals surface area contributed by atoms with Gasteiger partial charge in [0.05, 0.1) is 46.2 Å². The van der Waals surface area contributed by atoms with E-state index in [9.17, 15) is 4.79 Å². The topological polar surface area (TPSA) is 63.2 Å². The van der Waals surface area contributed by atoms with Gasteiger partial charge in [0.25, 0.3) is 0 Å². The zero-order valence-electron chi connectivity index (χ0n) is 29.7. The molecule has 0 heterocycles. The van der Waals surface area contributed by atoms with Gasteiger partial charge in [0.1, 0.15) is 0 Å². The van der Waals surface area contributed by atoms with Crippen molar-refractivity contribution >= 4 is 5.97 Å². The van der Waals surface area contributed by atoms with Crippen molar-refractivity contribution < 1.29 is 28.5 Å². The summed E-state index contributed by atoms with van der Waals surface area (Å²) in [6.45, 7) is 9.99. The largest absolute Gasteiger partial charge is 0.466 e. The van der Waals surface area contributed by atoms with E-state index >= 15 is 0 Å². The molecule has 0 radical (unpaired) electrons. The Bertz CT molecular complexity index is 529. The van der Waals surface area contributed by atoms with Crippen molar-refractivity contribution in [3.05, 3.63) is 0 Å². The number of rotatable bonds is 39. The van der Waals surface area contributed by atoms with Crippen LogP contribution in [0.1, 0.15) is 181 Å². The van der Waals surface area contributed by atoms with Crippen molar-refractivity contribution in [2.75, 3.05) is 59.5 Å². The second kappa shape index (κ2) is 40.3. The van der Waals surface area contributed by atoms with Crippen LogP contribution in [-0.2, 0) is 28.5 Å². The average Bonchev–Trinajstić information content (AvgIpc) is 3.03. The predicted molar refractivity (Wildman–Crippen MR) is 186 cm³/mol. The molecule has 0 aromatic rings. The predicted octanol–water partition coefficient (Wildman–Crippen LogP) is 10.8. The zero-order chi connectivity index (χ0) is 31.9. The van der Waals surface area contributed by atoms with E-state index in [-0.39, 0.29) is 5.97 Å². The summed E-state index contributed by atoms with van der Waals surface area (Å²) in [4.78, 5) is 11.9. The Kier molecular flexibility index (Phi) is 39.7. The normalized spacial score (nSPS) is 11.4. The van der Waals surface area contributed by atoms with Crippen LogP contribution in [0.5, 0.6) is 0 Å². The third-order valence-electron chi connectivity index (χ3n) is 8.19. The van der Waals surface area contributed by atoms with E-state index in [1.165, 1.54) is 135 Å². The quantitative estimate of drug-likeness (QED) is 0.0498. The maximum atomic E-state index is 11.9.